The number of nitrogens with one attached hydrogen (secondary N) is 2. The van der Waals surface area contributed by atoms with Gasteiger partial charge in [0.1, 0.15) is 0 Å². The molecule has 0 radical (unpaired) electrons. The third-order valence-corrected chi connectivity index (χ3v) is 6.41. The van der Waals surface area contributed by atoms with E-state index in [9.17, 15) is 22.8 Å². The summed E-state index contributed by atoms with van der Waals surface area (Å²) in [5.74, 6) is -0.511. The number of nitrogens with zero attached hydrogens (tertiary/aromatic N) is 1. The molecule has 0 atom stereocenters. The fourth-order valence-corrected chi connectivity index (χ4v) is 4.60. The molecule has 2 aromatic carbocycles. The van der Waals surface area contributed by atoms with Gasteiger partial charge in [-0.15, -0.1) is 0 Å². The highest BCUT2D eigenvalue weighted by molar-refractivity contribution is 6.33. The molecule has 2 aromatic rings. The molecule has 6 nitrogen and oxygen atoms in total. The van der Waals surface area contributed by atoms with Crippen LogP contribution in [0.4, 0.5) is 24.5 Å². The lowest BCUT2D eigenvalue weighted by atomic mass is 9.73. The number of ether oxygens (including phenoxy) is 1. The summed E-state index contributed by atoms with van der Waals surface area (Å²) < 4.78 is 45.3. The van der Waals surface area contributed by atoms with Crippen LogP contribution in [-0.2, 0) is 25.9 Å². The van der Waals surface area contributed by atoms with E-state index in [1.54, 1.807) is 24.3 Å². The van der Waals surface area contributed by atoms with Crippen LogP contribution in [0.1, 0.15) is 24.0 Å². The Hall–Kier alpha value is -2.78. The Bertz CT molecular complexity index is 1050. The van der Waals surface area contributed by atoms with Gasteiger partial charge in [-0.2, -0.15) is 13.2 Å². The maximum absolute atomic E-state index is 13.4. The molecule has 2 saturated heterocycles. The van der Waals surface area contributed by atoms with Gasteiger partial charge in [0.25, 0.3) is 0 Å². The van der Waals surface area contributed by atoms with Gasteiger partial charge < -0.3 is 20.3 Å². The van der Waals surface area contributed by atoms with E-state index in [0.717, 1.165) is 12.1 Å². The van der Waals surface area contributed by atoms with E-state index in [-0.39, 0.29) is 38.5 Å². The number of anilines is 2. The van der Waals surface area contributed by atoms with Crippen molar-refractivity contribution < 1.29 is 27.5 Å². The summed E-state index contributed by atoms with van der Waals surface area (Å²) in [5.41, 5.74) is -0.552. The Morgan fingerprint density at radius 3 is 2.58 bits per heavy atom. The minimum atomic E-state index is -4.51. The zero-order chi connectivity index (χ0) is 23.6. The molecule has 176 valence electrons. The number of piperazine rings is 1. The van der Waals surface area contributed by atoms with Crippen LogP contribution in [0.3, 0.4) is 0 Å². The van der Waals surface area contributed by atoms with Crippen molar-refractivity contribution >= 4 is 34.8 Å². The Morgan fingerprint density at radius 1 is 1.15 bits per heavy atom. The first-order chi connectivity index (χ1) is 15.7. The Morgan fingerprint density at radius 2 is 1.91 bits per heavy atom. The van der Waals surface area contributed by atoms with Crippen molar-refractivity contribution in [3.05, 3.63) is 58.6 Å². The molecule has 2 amide bonds. The van der Waals surface area contributed by atoms with Gasteiger partial charge in [-0.05, 0) is 42.7 Å². The van der Waals surface area contributed by atoms with Gasteiger partial charge in [-0.3, -0.25) is 9.59 Å². The van der Waals surface area contributed by atoms with Gasteiger partial charge >= 0.3 is 6.18 Å². The quantitative estimate of drug-likeness (QED) is 0.693. The Kier molecular flexibility index (Phi) is 6.54. The van der Waals surface area contributed by atoms with Gasteiger partial charge in [0.2, 0.25) is 11.8 Å². The van der Waals surface area contributed by atoms with Crippen LogP contribution in [0.15, 0.2) is 42.5 Å². The smallest absolute Gasteiger partial charge is 0.381 e. The van der Waals surface area contributed by atoms with E-state index in [1.807, 2.05) is 4.90 Å². The first-order valence-corrected chi connectivity index (χ1v) is 10.9. The van der Waals surface area contributed by atoms with Crippen LogP contribution < -0.4 is 15.5 Å². The summed E-state index contributed by atoms with van der Waals surface area (Å²) >= 11 is 6.43. The van der Waals surface area contributed by atoms with Crippen LogP contribution >= 0.6 is 11.6 Å². The largest absolute Gasteiger partial charge is 0.416 e. The number of amides is 2. The molecule has 33 heavy (non-hydrogen) atoms. The fourth-order valence-electron chi connectivity index (χ4n) is 4.30. The number of hydrogen-bond donors (Lipinski definition) is 2. The highest BCUT2D eigenvalue weighted by Crippen LogP contribution is 2.39. The van der Waals surface area contributed by atoms with Crippen molar-refractivity contribution in [2.45, 2.75) is 24.4 Å². The maximum Gasteiger partial charge on any atom is 0.416 e. The maximum atomic E-state index is 13.4. The van der Waals surface area contributed by atoms with Crippen molar-refractivity contribution in [3.8, 4) is 0 Å². The predicted molar refractivity (Wildman–Crippen MR) is 118 cm³/mol. The van der Waals surface area contributed by atoms with E-state index in [2.05, 4.69) is 10.6 Å². The second-order valence-electron chi connectivity index (χ2n) is 8.16. The van der Waals surface area contributed by atoms with Crippen molar-refractivity contribution in [2.24, 2.45) is 0 Å². The monoisotopic (exact) mass is 481 g/mol. The van der Waals surface area contributed by atoms with Gasteiger partial charge in [0.05, 0.1) is 28.2 Å². The lowest BCUT2D eigenvalue weighted by molar-refractivity contribution is -0.138. The minimum absolute atomic E-state index is 0.0998. The molecule has 2 N–H and O–H groups in total. The van der Waals surface area contributed by atoms with E-state index >= 15 is 0 Å². The summed E-state index contributed by atoms with van der Waals surface area (Å²) in [7, 11) is 0. The van der Waals surface area contributed by atoms with Crippen LogP contribution in [0.2, 0.25) is 5.02 Å². The lowest BCUT2D eigenvalue weighted by Gasteiger charge is -2.36. The molecule has 2 aliphatic heterocycles. The third-order valence-electron chi connectivity index (χ3n) is 6.11. The number of carbonyl (C=O) groups is 2. The van der Waals surface area contributed by atoms with Gasteiger partial charge in [-0.1, -0.05) is 29.8 Å². The number of halogens is 4. The fraction of sp³-hybridized carbons (Fsp3) is 0.391. The molecule has 2 heterocycles. The molecular formula is C23H23ClF3N3O3. The molecule has 2 aliphatic rings. The Balaban J connectivity index is 1.60. The van der Waals surface area contributed by atoms with Crippen LogP contribution in [0.5, 0.6) is 0 Å². The van der Waals surface area contributed by atoms with Crippen molar-refractivity contribution in [1.29, 1.82) is 0 Å². The normalized spacial score (nSPS) is 18.5. The summed E-state index contributed by atoms with van der Waals surface area (Å²) in [4.78, 5) is 26.9. The van der Waals surface area contributed by atoms with Gasteiger partial charge in [-0.25, -0.2) is 0 Å². The van der Waals surface area contributed by atoms with Crippen molar-refractivity contribution in [2.75, 3.05) is 43.1 Å². The molecule has 0 unspecified atom stereocenters. The van der Waals surface area contributed by atoms with Gasteiger partial charge in [0.15, 0.2) is 0 Å². The second kappa shape index (κ2) is 9.23. The SMILES string of the molecule is O=C1CN(c2ccc(NC(=O)C3(c4cccc(C(F)(F)F)c4)CCOCC3)cc2Cl)CCN1. The number of hydrogen-bond acceptors (Lipinski definition) is 4. The van der Waals surface area contributed by atoms with Crippen LogP contribution in [-0.4, -0.2) is 44.7 Å². The number of benzene rings is 2. The molecular weight excluding hydrogens is 459 g/mol. The average Bonchev–Trinajstić information content (AvgIpc) is 2.79. The molecule has 0 aromatic heterocycles. The second-order valence-corrected chi connectivity index (χ2v) is 8.57. The van der Waals surface area contributed by atoms with Crippen LogP contribution in [0.25, 0.3) is 0 Å². The Labute approximate surface area is 194 Å². The molecule has 2 fully saturated rings. The standard InChI is InChI=1S/C23H23ClF3N3O3/c24-18-13-17(4-5-19(18)30-9-8-28-20(31)14-30)29-21(32)22(6-10-33-11-7-22)15-2-1-3-16(12-15)23(25,26)27/h1-5,12-13H,6-11,14H2,(H,28,31)(H,29,32). The molecule has 4 rings (SSSR count). The van der Waals surface area contributed by atoms with Crippen molar-refractivity contribution in [1.82, 2.24) is 5.32 Å². The minimum Gasteiger partial charge on any atom is -0.381 e. The van der Waals surface area contributed by atoms with E-state index in [4.69, 9.17) is 16.3 Å². The highest BCUT2D eigenvalue weighted by Gasteiger charge is 2.43. The summed E-state index contributed by atoms with van der Waals surface area (Å²) in [6, 6.07) is 9.89. The molecule has 10 heteroatoms. The first kappa shape index (κ1) is 23.4. The number of alkyl halides is 3. The summed E-state index contributed by atoms with van der Waals surface area (Å²) in [6.07, 6.45) is -3.99. The first-order valence-electron chi connectivity index (χ1n) is 10.6. The lowest BCUT2D eigenvalue weighted by Crippen LogP contribution is -2.47. The topological polar surface area (TPSA) is 70.7 Å². The predicted octanol–water partition coefficient (Wildman–Crippen LogP) is 3.98. The zero-order valence-electron chi connectivity index (χ0n) is 17.7. The number of rotatable bonds is 4. The molecule has 0 saturated carbocycles. The third kappa shape index (κ3) is 4.94. The number of carbonyl (C=O) groups excluding carboxylic acids is 2. The zero-order valence-corrected chi connectivity index (χ0v) is 18.4. The summed E-state index contributed by atoms with van der Waals surface area (Å²) in [5, 5.41) is 5.94. The highest BCUT2D eigenvalue weighted by atomic mass is 35.5. The van der Waals surface area contributed by atoms with E-state index in [0.29, 0.717) is 35.1 Å². The van der Waals surface area contributed by atoms with E-state index < -0.39 is 23.1 Å². The molecule has 0 spiro atoms. The van der Waals surface area contributed by atoms with E-state index in [1.165, 1.54) is 6.07 Å². The van der Waals surface area contributed by atoms with Crippen molar-refractivity contribution in [3.63, 3.8) is 0 Å². The summed E-state index contributed by atoms with van der Waals surface area (Å²) in [6.45, 7) is 1.83. The van der Waals surface area contributed by atoms with Gasteiger partial charge in [0, 0.05) is 32.0 Å². The average molecular weight is 482 g/mol. The molecule has 0 aliphatic carbocycles. The molecule has 0 bridgehead atoms. The van der Waals surface area contributed by atoms with Crippen LogP contribution in [0, 0.1) is 0 Å².